The van der Waals surface area contributed by atoms with Crippen molar-refractivity contribution in [2.75, 3.05) is 25.4 Å². The molecular weight excluding hydrogens is 300 g/mol. The van der Waals surface area contributed by atoms with E-state index in [0.717, 1.165) is 18.4 Å². The first-order chi connectivity index (χ1) is 10.5. The van der Waals surface area contributed by atoms with Crippen LogP contribution in [0, 0.1) is 0 Å². The molecule has 1 fully saturated rings. The average Bonchev–Trinajstić information content (AvgIpc) is 3.07. The number of benzene rings is 1. The van der Waals surface area contributed by atoms with E-state index in [1.165, 1.54) is 4.31 Å². The lowest BCUT2D eigenvalue weighted by atomic mass is 10.2. The first-order valence-electron chi connectivity index (χ1n) is 7.82. The van der Waals surface area contributed by atoms with Gasteiger partial charge in [0.15, 0.2) is 0 Å². The fourth-order valence-corrected chi connectivity index (χ4v) is 4.16. The molecule has 122 valence electrons. The SMILES string of the molecule is CCN(Cc1ccccc1)C(=O)CCS(=O)(=O)N1CCCC1. The summed E-state index contributed by atoms with van der Waals surface area (Å²) >= 11 is 0. The number of carbonyl (C=O) groups excluding carboxylic acids is 1. The fourth-order valence-electron chi connectivity index (χ4n) is 2.65. The first-order valence-corrected chi connectivity index (χ1v) is 9.43. The van der Waals surface area contributed by atoms with Gasteiger partial charge in [-0.3, -0.25) is 4.79 Å². The summed E-state index contributed by atoms with van der Waals surface area (Å²) in [4.78, 5) is 14.0. The van der Waals surface area contributed by atoms with Gasteiger partial charge in [0.05, 0.1) is 5.75 Å². The number of carbonyl (C=O) groups is 1. The highest BCUT2D eigenvalue weighted by Gasteiger charge is 2.26. The van der Waals surface area contributed by atoms with Crippen LogP contribution in [0.4, 0.5) is 0 Å². The molecule has 2 rings (SSSR count). The van der Waals surface area contributed by atoms with Crippen molar-refractivity contribution in [1.82, 2.24) is 9.21 Å². The van der Waals surface area contributed by atoms with Crippen LogP contribution in [0.25, 0.3) is 0 Å². The molecule has 1 aliphatic rings. The van der Waals surface area contributed by atoms with E-state index in [1.54, 1.807) is 4.90 Å². The minimum absolute atomic E-state index is 0.0551. The topological polar surface area (TPSA) is 57.7 Å². The Kier molecular flexibility index (Phi) is 5.97. The minimum Gasteiger partial charge on any atom is -0.339 e. The third-order valence-electron chi connectivity index (χ3n) is 3.98. The number of nitrogens with zero attached hydrogens (tertiary/aromatic N) is 2. The molecular formula is C16H24N2O3S. The lowest BCUT2D eigenvalue weighted by molar-refractivity contribution is -0.131. The van der Waals surface area contributed by atoms with Gasteiger partial charge in [-0.1, -0.05) is 30.3 Å². The van der Waals surface area contributed by atoms with Gasteiger partial charge in [-0.15, -0.1) is 0 Å². The van der Waals surface area contributed by atoms with E-state index in [2.05, 4.69) is 0 Å². The minimum atomic E-state index is -3.28. The van der Waals surface area contributed by atoms with Crippen molar-refractivity contribution in [3.63, 3.8) is 0 Å². The third kappa shape index (κ3) is 4.55. The standard InChI is InChI=1S/C16H24N2O3S/c1-2-17(14-15-8-4-3-5-9-15)16(19)10-13-22(20,21)18-11-6-7-12-18/h3-5,8-9H,2,6-7,10-14H2,1H3. The maximum absolute atomic E-state index is 12.3. The fraction of sp³-hybridized carbons (Fsp3) is 0.562. The second-order valence-corrected chi connectivity index (χ2v) is 7.65. The molecule has 0 bridgehead atoms. The monoisotopic (exact) mass is 324 g/mol. The maximum Gasteiger partial charge on any atom is 0.223 e. The Labute approximate surface area is 133 Å². The molecule has 6 heteroatoms. The van der Waals surface area contributed by atoms with Crippen LogP contribution in [0.1, 0.15) is 31.7 Å². The normalized spacial score (nSPS) is 15.9. The molecule has 0 aromatic heterocycles. The maximum atomic E-state index is 12.3. The predicted octanol–water partition coefficient (Wildman–Crippen LogP) is 1.85. The Hall–Kier alpha value is -1.40. The molecule has 0 unspecified atom stereocenters. The lowest BCUT2D eigenvalue weighted by Crippen LogP contribution is -2.35. The Morgan fingerprint density at radius 2 is 1.82 bits per heavy atom. The smallest absolute Gasteiger partial charge is 0.223 e. The van der Waals surface area contributed by atoms with Crippen LogP contribution < -0.4 is 0 Å². The van der Waals surface area contributed by atoms with Crippen molar-refractivity contribution >= 4 is 15.9 Å². The van der Waals surface area contributed by atoms with Gasteiger partial charge in [0.1, 0.15) is 0 Å². The summed E-state index contributed by atoms with van der Waals surface area (Å²) in [7, 11) is -3.28. The summed E-state index contributed by atoms with van der Waals surface area (Å²) in [6, 6.07) is 9.75. The van der Waals surface area contributed by atoms with Crippen LogP contribution in [-0.2, 0) is 21.4 Å². The van der Waals surface area contributed by atoms with E-state index in [1.807, 2.05) is 37.3 Å². The summed E-state index contributed by atoms with van der Waals surface area (Å²) in [5.74, 6) is -0.189. The summed E-state index contributed by atoms with van der Waals surface area (Å²) in [6.45, 7) is 4.21. The highest BCUT2D eigenvalue weighted by atomic mass is 32.2. The van der Waals surface area contributed by atoms with Gasteiger partial charge in [0.2, 0.25) is 15.9 Å². The summed E-state index contributed by atoms with van der Waals surface area (Å²) < 4.78 is 25.8. The molecule has 1 aromatic carbocycles. The predicted molar refractivity (Wildman–Crippen MR) is 86.7 cm³/mol. The summed E-state index contributed by atoms with van der Waals surface area (Å²) in [5.41, 5.74) is 1.06. The molecule has 0 atom stereocenters. The van der Waals surface area contributed by atoms with E-state index < -0.39 is 10.0 Å². The molecule has 0 N–H and O–H groups in total. The Balaban J connectivity index is 1.89. The van der Waals surface area contributed by atoms with Crippen molar-refractivity contribution in [3.05, 3.63) is 35.9 Å². The number of hydrogen-bond donors (Lipinski definition) is 0. The van der Waals surface area contributed by atoms with Gasteiger partial charge >= 0.3 is 0 Å². The largest absolute Gasteiger partial charge is 0.339 e. The van der Waals surface area contributed by atoms with E-state index in [0.29, 0.717) is 26.2 Å². The highest BCUT2D eigenvalue weighted by Crippen LogP contribution is 2.14. The van der Waals surface area contributed by atoms with E-state index in [4.69, 9.17) is 0 Å². The van der Waals surface area contributed by atoms with Gasteiger partial charge in [0, 0.05) is 32.6 Å². The molecule has 1 saturated heterocycles. The second-order valence-electron chi connectivity index (χ2n) is 5.57. The van der Waals surface area contributed by atoms with Crippen molar-refractivity contribution in [1.29, 1.82) is 0 Å². The first kappa shape index (κ1) is 17.0. The number of hydrogen-bond acceptors (Lipinski definition) is 3. The molecule has 1 aromatic rings. The van der Waals surface area contributed by atoms with Crippen LogP contribution in [0.5, 0.6) is 0 Å². The van der Waals surface area contributed by atoms with Crippen molar-refractivity contribution < 1.29 is 13.2 Å². The molecule has 0 spiro atoms. The van der Waals surface area contributed by atoms with Crippen LogP contribution in [0.3, 0.4) is 0 Å². The molecule has 0 aliphatic carbocycles. The zero-order valence-electron chi connectivity index (χ0n) is 13.1. The van der Waals surface area contributed by atoms with Gasteiger partial charge in [-0.2, -0.15) is 0 Å². The van der Waals surface area contributed by atoms with Gasteiger partial charge < -0.3 is 4.90 Å². The highest BCUT2D eigenvalue weighted by molar-refractivity contribution is 7.89. The van der Waals surface area contributed by atoms with E-state index in [9.17, 15) is 13.2 Å². The third-order valence-corrected chi connectivity index (χ3v) is 5.85. The molecule has 1 amide bonds. The molecule has 1 heterocycles. The number of rotatable bonds is 7. The van der Waals surface area contributed by atoms with Crippen LogP contribution in [-0.4, -0.2) is 48.9 Å². The van der Waals surface area contributed by atoms with Gasteiger partial charge in [-0.05, 0) is 25.3 Å². The number of sulfonamides is 1. The van der Waals surface area contributed by atoms with Crippen molar-refractivity contribution in [2.24, 2.45) is 0 Å². The van der Waals surface area contributed by atoms with Crippen LogP contribution in [0.2, 0.25) is 0 Å². The molecule has 22 heavy (non-hydrogen) atoms. The van der Waals surface area contributed by atoms with Crippen LogP contribution in [0.15, 0.2) is 30.3 Å². The van der Waals surface area contributed by atoms with E-state index >= 15 is 0 Å². The van der Waals surface area contributed by atoms with Crippen molar-refractivity contribution in [3.8, 4) is 0 Å². The van der Waals surface area contributed by atoms with Gasteiger partial charge in [0.25, 0.3) is 0 Å². The Morgan fingerprint density at radius 1 is 1.18 bits per heavy atom. The van der Waals surface area contributed by atoms with Crippen LogP contribution >= 0.6 is 0 Å². The van der Waals surface area contributed by atoms with E-state index in [-0.39, 0.29) is 18.1 Å². The molecule has 1 aliphatic heterocycles. The summed E-state index contributed by atoms with van der Waals surface area (Å²) in [5, 5.41) is 0. The summed E-state index contributed by atoms with van der Waals surface area (Å²) in [6.07, 6.45) is 1.89. The van der Waals surface area contributed by atoms with Gasteiger partial charge in [-0.25, -0.2) is 12.7 Å². The second kappa shape index (κ2) is 7.74. The van der Waals surface area contributed by atoms with Crippen molar-refractivity contribution in [2.45, 2.75) is 32.7 Å². The lowest BCUT2D eigenvalue weighted by Gasteiger charge is -2.22. The Morgan fingerprint density at radius 3 is 2.41 bits per heavy atom. The zero-order chi connectivity index (χ0) is 16.0. The molecule has 5 nitrogen and oxygen atoms in total. The quantitative estimate of drug-likeness (QED) is 0.769. The molecule has 0 saturated carbocycles. The Bertz CT molecular complexity index is 581. The zero-order valence-corrected chi connectivity index (χ0v) is 13.9. The molecule has 0 radical (unpaired) electrons. The number of amides is 1. The average molecular weight is 324 g/mol.